The molecule has 1 aliphatic rings. The third-order valence-electron chi connectivity index (χ3n) is 3.88. The first-order valence-electron chi connectivity index (χ1n) is 6.70. The number of nitrogens with two attached hydrogens (primary N) is 1. The summed E-state index contributed by atoms with van der Waals surface area (Å²) in [4.78, 5) is 12.2. The molecule has 0 aromatic heterocycles. The molecule has 2 rings (SSSR count). The SMILES string of the molecule is CC1(N)CCCCC1C(=O)NCc1ccccc1. The molecule has 3 heteroatoms. The average molecular weight is 246 g/mol. The van der Waals surface area contributed by atoms with Gasteiger partial charge in [0.2, 0.25) is 5.91 Å². The van der Waals surface area contributed by atoms with Gasteiger partial charge in [-0.25, -0.2) is 0 Å². The van der Waals surface area contributed by atoms with Gasteiger partial charge in [-0.15, -0.1) is 0 Å². The number of carbonyl (C=O) groups is 1. The van der Waals surface area contributed by atoms with Gasteiger partial charge >= 0.3 is 0 Å². The van der Waals surface area contributed by atoms with Crippen molar-refractivity contribution in [3.8, 4) is 0 Å². The number of nitrogens with one attached hydrogen (secondary N) is 1. The van der Waals surface area contributed by atoms with Crippen LogP contribution in [0.3, 0.4) is 0 Å². The minimum Gasteiger partial charge on any atom is -0.352 e. The third-order valence-corrected chi connectivity index (χ3v) is 3.88. The van der Waals surface area contributed by atoms with Gasteiger partial charge in [0.1, 0.15) is 0 Å². The quantitative estimate of drug-likeness (QED) is 0.859. The fraction of sp³-hybridized carbons (Fsp3) is 0.533. The van der Waals surface area contributed by atoms with Gasteiger partial charge in [0.25, 0.3) is 0 Å². The molecule has 18 heavy (non-hydrogen) atoms. The van der Waals surface area contributed by atoms with Gasteiger partial charge in [-0.3, -0.25) is 4.79 Å². The Balaban J connectivity index is 1.91. The first-order chi connectivity index (χ1) is 8.59. The van der Waals surface area contributed by atoms with Crippen LogP contribution in [0.25, 0.3) is 0 Å². The largest absolute Gasteiger partial charge is 0.352 e. The van der Waals surface area contributed by atoms with Gasteiger partial charge < -0.3 is 11.1 Å². The summed E-state index contributed by atoms with van der Waals surface area (Å²) in [5.74, 6) is 0.0542. The van der Waals surface area contributed by atoms with Gasteiger partial charge in [0.05, 0.1) is 5.92 Å². The topological polar surface area (TPSA) is 55.1 Å². The van der Waals surface area contributed by atoms with Crippen molar-refractivity contribution >= 4 is 5.91 Å². The monoisotopic (exact) mass is 246 g/mol. The highest BCUT2D eigenvalue weighted by Crippen LogP contribution is 2.31. The Morgan fingerprint density at radius 3 is 2.78 bits per heavy atom. The van der Waals surface area contributed by atoms with E-state index in [2.05, 4.69) is 5.32 Å². The number of carbonyl (C=O) groups excluding carboxylic acids is 1. The van der Waals surface area contributed by atoms with Crippen LogP contribution in [0.4, 0.5) is 0 Å². The highest BCUT2D eigenvalue weighted by Gasteiger charge is 2.37. The maximum Gasteiger partial charge on any atom is 0.225 e. The van der Waals surface area contributed by atoms with E-state index in [4.69, 9.17) is 5.73 Å². The van der Waals surface area contributed by atoms with Crippen LogP contribution in [0.15, 0.2) is 30.3 Å². The smallest absolute Gasteiger partial charge is 0.225 e. The lowest BCUT2D eigenvalue weighted by Crippen LogP contribution is -2.52. The second kappa shape index (κ2) is 5.53. The number of amides is 1. The van der Waals surface area contributed by atoms with E-state index in [1.807, 2.05) is 37.3 Å². The van der Waals surface area contributed by atoms with Crippen LogP contribution in [0.5, 0.6) is 0 Å². The first kappa shape index (κ1) is 13.1. The van der Waals surface area contributed by atoms with Crippen molar-refractivity contribution in [3.05, 3.63) is 35.9 Å². The van der Waals surface area contributed by atoms with Gasteiger partial charge in [0, 0.05) is 12.1 Å². The Hall–Kier alpha value is -1.35. The fourth-order valence-corrected chi connectivity index (χ4v) is 2.70. The van der Waals surface area contributed by atoms with Crippen molar-refractivity contribution in [2.45, 2.75) is 44.7 Å². The lowest BCUT2D eigenvalue weighted by Gasteiger charge is -2.37. The second-order valence-electron chi connectivity index (χ2n) is 5.51. The Labute approximate surface area is 109 Å². The number of hydrogen-bond acceptors (Lipinski definition) is 2. The lowest BCUT2D eigenvalue weighted by molar-refractivity contribution is -0.128. The molecule has 0 aliphatic heterocycles. The summed E-state index contributed by atoms with van der Waals surface area (Å²) in [5.41, 5.74) is 7.01. The molecule has 1 saturated carbocycles. The lowest BCUT2D eigenvalue weighted by atomic mass is 9.74. The molecule has 1 aromatic rings. The molecular weight excluding hydrogens is 224 g/mol. The third kappa shape index (κ3) is 3.10. The summed E-state index contributed by atoms with van der Waals surface area (Å²) in [6.07, 6.45) is 4.09. The maximum absolute atomic E-state index is 12.2. The number of hydrogen-bond donors (Lipinski definition) is 2. The van der Waals surface area contributed by atoms with E-state index in [-0.39, 0.29) is 17.4 Å². The summed E-state index contributed by atoms with van der Waals surface area (Å²) < 4.78 is 0. The van der Waals surface area contributed by atoms with E-state index in [1.54, 1.807) is 0 Å². The van der Waals surface area contributed by atoms with Crippen molar-refractivity contribution in [1.29, 1.82) is 0 Å². The zero-order chi connectivity index (χ0) is 13.0. The zero-order valence-corrected chi connectivity index (χ0v) is 11.0. The minimum atomic E-state index is -0.348. The number of benzene rings is 1. The predicted molar refractivity (Wildman–Crippen MR) is 72.8 cm³/mol. The summed E-state index contributed by atoms with van der Waals surface area (Å²) in [6, 6.07) is 9.97. The highest BCUT2D eigenvalue weighted by atomic mass is 16.1. The van der Waals surface area contributed by atoms with E-state index in [0.717, 1.165) is 31.2 Å². The molecule has 0 saturated heterocycles. The molecule has 3 N–H and O–H groups in total. The normalized spacial score (nSPS) is 27.8. The molecule has 1 fully saturated rings. The molecule has 0 bridgehead atoms. The van der Waals surface area contributed by atoms with Crippen molar-refractivity contribution in [1.82, 2.24) is 5.32 Å². The van der Waals surface area contributed by atoms with Crippen LogP contribution in [0.2, 0.25) is 0 Å². The van der Waals surface area contributed by atoms with E-state index < -0.39 is 0 Å². The summed E-state index contributed by atoms with van der Waals surface area (Å²) >= 11 is 0. The summed E-state index contributed by atoms with van der Waals surface area (Å²) in [5, 5.41) is 3.01. The Bertz CT molecular complexity index is 400. The van der Waals surface area contributed by atoms with Crippen molar-refractivity contribution in [3.63, 3.8) is 0 Å². The van der Waals surface area contributed by atoms with Crippen molar-refractivity contribution in [2.24, 2.45) is 11.7 Å². The van der Waals surface area contributed by atoms with Crippen LogP contribution < -0.4 is 11.1 Å². The molecule has 3 nitrogen and oxygen atoms in total. The van der Waals surface area contributed by atoms with Crippen LogP contribution in [0.1, 0.15) is 38.2 Å². The van der Waals surface area contributed by atoms with Gasteiger partial charge in [-0.1, -0.05) is 43.2 Å². The van der Waals surface area contributed by atoms with Crippen LogP contribution >= 0.6 is 0 Å². The molecule has 98 valence electrons. The Kier molecular flexibility index (Phi) is 4.02. The standard InChI is InChI=1S/C15H22N2O/c1-15(16)10-6-5-9-13(15)14(18)17-11-12-7-3-2-4-8-12/h2-4,7-8,13H,5-6,9-11,16H2,1H3,(H,17,18). The van der Waals surface area contributed by atoms with Crippen LogP contribution in [0, 0.1) is 5.92 Å². The molecule has 1 aromatic carbocycles. The minimum absolute atomic E-state index is 0.0463. The molecular formula is C15H22N2O. The van der Waals surface area contributed by atoms with E-state index in [9.17, 15) is 4.79 Å². The first-order valence-corrected chi connectivity index (χ1v) is 6.70. The zero-order valence-electron chi connectivity index (χ0n) is 11.0. The van der Waals surface area contributed by atoms with Crippen LogP contribution in [-0.4, -0.2) is 11.4 Å². The van der Waals surface area contributed by atoms with Gasteiger partial charge in [-0.05, 0) is 25.3 Å². The molecule has 1 aliphatic carbocycles. The predicted octanol–water partition coefficient (Wildman–Crippen LogP) is 2.21. The average Bonchev–Trinajstić information content (AvgIpc) is 2.37. The van der Waals surface area contributed by atoms with Crippen molar-refractivity contribution < 1.29 is 4.79 Å². The van der Waals surface area contributed by atoms with E-state index in [1.165, 1.54) is 0 Å². The summed E-state index contributed by atoms with van der Waals surface area (Å²) in [7, 11) is 0. The van der Waals surface area contributed by atoms with Gasteiger partial charge in [0.15, 0.2) is 0 Å². The van der Waals surface area contributed by atoms with Crippen LogP contribution in [-0.2, 0) is 11.3 Å². The molecule has 0 radical (unpaired) electrons. The maximum atomic E-state index is 12.2. The fourth-order valence-electron chi connectivity index (χ4n) is 2.70. The number of rotatable bonds is 3. The molecule has 1 amide bonds. The molecule has 0 spiro atoms. The van der Waals surface area contributed by atoms with E-state index in [0.29, 0.717) is 6.54 Å². The molecule has 2 unspecified atom stereocenters. The molecule has 2 atom stereocenters. The van der Waals surface area contributed by atoms with Crippen molar-refractivity contribution in [2.75, 3.05) is 0 Å². The second-order valence-corrected chi connectivity index (χ2v) is 5.51. The van der Waals surface area contributed by atoms with E-state index >= 15 is 0 Å². The Morgan fingerprint density at radius 1 is 1.39 bits per heavy atom. The Morgan fingerprint density at radius 2 is 2.11 bits per heavy atom. The molecule has 0 heterocycles. The van der Waals surface area contributed by atoms with Gasteiger partial charge in [-0.2, -0.15) is 0 Å². The summed E-state index contributed by atoms with van der Waals surface area (Å²) in [6.45, 7) is 2.59. The highest BCUT2D eigenvalue weighted by molar-refractivity contribution is 5.80.